The lowest BCUT2D eigenvalue weighted by Crippen LogP contribution is -2.51. The van der Waals surface area contributed by atoms with Crippen LogP contribution >= 0.6 is 0 Å². The number of hydrogen-bond acceptors (Lipinski definition) is 3. The van der Waals surface area contributed by atoms with E-state index in [1.165, 1.54) is 12.8 Å². The van der Waals surface area contributed by atoms with E-state index < -0.39 is 0 Å². The van der Waals surface area contributed by atoms with Gasteiger partial charge in [0.05, 0.1) is 6.04 Å². The number of hydrogen-bond donors (Lipinski definition) is 2. The predicted molar refractivity (Wildman–Crippen MR) is 75.8 cm³/mol. The third-order valence-electron chi connectivity index (χ3n) is 3.79. The molecule has 0 aromatic heterocycles. The van der Waals surface area contributed by atoms with Gasteiger partial charge in [-0.15, -0.1) is 0 Å². The van der Waals surface area contributed by atoms with Crippen LogP contribution in [0.25, 0.3) is 0 Å². The Morgan fingerprint density at radius 3 is 2.37 bits per heavy atom. The lowest BCUT2D eigenvalue weighted by atomic mass is 9.97. The van der Waals surface area contributed by atoms with Crippen LogP contribution in [0.15, 0.2) is 0 Å². The number of carbonyl (C=O) groups excluding carboxylic acids is 2. The highest BCUT2D eigenvalue weighted by molar-refractivity contribution is 5.82. The zero-order valence-corrected chi connectivity index (χ0v) is 12.6. The van der Waals surface area contributed by atoms with Gasteiger partial charge in [0.2, 0.25) is 11.8 Å². The lowest BCUT2D eigenvalue weighted by molar-refractivity contribution is -0.128. The van der Waals surface area contributed by atoms with Crippen molar-refractivity contribution in [1.29, 1.82) is 0 Å². The van der Waals surface area contributed by atoms with E-state index in [0.29, 0.717) is 12.8 Å². The van der Waals surface area contributed by atoms with Crippen molar-refractivity contribution in [2.75, 3.05) is 20.1 Å². The van der Waals surface area contributed by atoms with Gasteiger partial charge in [0, 0.05) is 19.0 Å². The average Bonchev–Trinajstić information content (AvgIpc) is 2.88. The molecule has 1 aliphatic heterocycles. The van der Waals surface area contributed by atoms with Crippen molar-refractivity contribution < 1.29 is 9.59 Å². The molecule has 5 nitrogen and oxygen atoms in total. The molecule has 110 valence electrons. The van der Waals surface area contributed by atoms with E-state index in [0.717, 1.165) is 13.1 Å². The molecule has 1 fully saturated rings. The second-order valence-corrected chi connectivity index (χ2v) is 5.97. The van der Waals surface area contributed by atoms with Gasteiger partial charge in [-0.3, -0.25) is 14.5 Å². The smallest absolute Gasteiger partial charge is 0.237 e. The van der Waals surface area contributed by atoms with Gasteiger partial charge in [0.1, 0.15) is 0 Å². The minimum Gasteiger partial charge on any atom is -0.359 e. The Morgan fingerprint density at radius 1 is 1.26 bits per heavy atom. The Hall–Kier alpha value is -1.10. The summed E-state index contributed by atoms with van der Waals surface area (Å²) >= 11 is 0. The van der Waals surface area contributed by atoms with Gasteiger partial charge in [-0.1, -0.05) is 0 Å². The summed E-state index contributed by atoms with van der Waals surface area (Å²) in [7, 11) is 1.63. The van der Waals surface area contributed by atoms with Gasteiger partial charge in [-0.05, 0) is 53.1 Å². The summed E-state index contributed by atoms with van der Waals surface area (Å²) in [5.41, 5.74) is -0.350. The summed E-state index contributed by atoms with van der Waals surface area (Å²) in [5.74, 6) is 0.0683. The van der Waals surface area contributed by atoms with Crippen molar-refractivity contribution in [3.8, 4) is 0 Å². The van der Waals surface area contributed by atoms with Crippen LogP contribution in [0.2, 0.25) is 0 Å². The standard InChI is InChI=1S/C14H27N3O2/c1-11(17-9-5-6-10-17)13(19)16-14(2,3)8-7-12(18)15-4/h11H,5-10H2,1-4H3,(H,15,18)(H,16,19)/t11-/m0/s1. The SMILES string of the molecule is CNC(=O)CCC(C)(C)NC(=O)[C@H](C)N1CCCC1. The van der Waals surface area contributed by atoms with Crippen molar-refractivity contribution in [2.24, 2.45) is 0 Å². The molecule has 0 spiro atoms. The van der Waals surface area contributed by atoms with Crippen molar-refractivity contribution in [2.45, 2.75) is 58.0 Å². The van der Waals surface area contributed by atoms with E-state index in [1.54, 1.807) is 7.05 Å². The van der Waals surface area contributed by atoms with Crippen molar-refractivity contribution in [3.63, 3.8) is 0 Å². The first-order chi connectivity index (χ1) is 8.85. The molecule has 1 heterocycles. The van der Waals surface area contributed by atoms with Crippen LogP contribution in [0.5, 0.6) is 0 Å². The van der Waals surface area contributed by atoms with Crippen molar-refractivity contribution >= 4 is 11.8 Å². The quantitative estimate of drug-likeness (QED) is 0.753. The highest BCUT2D eigenvalue weighted by atomic mass is 16.2. The number of nitrogens with zero attached hydrogens (tertiary/aromatic N) is 1. The largest absolute Gasteiger partial charge is 0.359 e. The molecular weight excluding hydrogens is 242 g/mol. The topological polar surface area (TPSA) is 61.4 Å². The summed E-state index contributed by atoms with van der Waals surface area (Å²) in [6, 6.07) is -0.0817. The maximum absolute atomic E-state index is 12.2. The molecule has 0 saturated carbocycles. The second-order valence-electron chi connectivity index (χ2n) is 5.97. The molecule has 0 radical (unpaired) electrons. The molecule has 0 bridgehead atoms. The molecule has 0 aromatic rings. The van der Waals surface area contributed by atoms with E-state index in [1.807, 2.05) is 20.8 Å². The Morgan fingerprint density at radius 2 is 1.84 bits per heavy atom. The Bertz CT molecular complexity index is 323. The Kier molecular flexibility index (Phi) is 5.79. The monoisotopic (exact) mass is 269 g/mol. The van der Waals surface area contributed by atoms with Crippen molar-refractivity contribution in [1.82, 2.24) is 15.5 Å². The normalized spacial score (nSPS) is 18.1. The van der Waals surface area contributed by atoms with Gasteiger partial charge in [0.15, 0.2) is 0 Å². The van der Waals surface area contributed by atoms with Crippen LogP contribution in [0.1, 0.15) is 46.5 Å². The van der Waals surface area contributed by atoms with Crippen LogP contribution in [-0.2, 0) is 9.59 Å². The van der Waals surface area contributed by atoms with Crippen LogP contribution in [0.3, 0.4) is 0 Å². The maximum atomic E-state index is 12.2. The maximum Gasteiger partial charge on any atom is 0.237 e. The fourth-order valence-electron chi connectivity index (χ4n) is 2.35. The number of rotatable bonds is 6. The predicted octanol–water partition coefficient (Wildman–Crippen LogP) is 0.892. The lowest BCUT2D eigenvalue weighted by Gasteiger charge is -2.30. The van der Waals surface area contributed by atoms with E-state index in [9.17, 15) is 9.59 Å². The van der Waals surface area contributed by atoms with E-state index in [2.05, 4.69) is 15.5 Å². The van der Waals surface area contributed by atoms with Crippen LogP contribution in [0.4, 0.5) is 0 Å². The van der Waals surface area contributed by atoms with Gasteiger partial charge in [-0.2, -0.15) is 0 Å². The molecular formula is C14H27N3O2. The number of carbonyl (C=O) groups is 2. The first-order valence-corrected chi connectivity index (χ1v) is 7.12. The number of amides is 2. The van der Waals surface area contributed by atoms with Crippen LogP contribution < -0.4 is 10.6 Å². The van der Waals surface area contributed by atoms with E-state index in [-0.39, 0.29) is 23.4 Å². The Balaban J connectivity index is 2.42. The van der Waals surface area contributed by atoms with Gasteiger partial charge in [0.25, 0.3) is 0 Å². The van der Waals surface area contributed by atoms with Crippen LogP contribution in [-0.4, -0.2) is 48.4 Å². The third kappa shape index (κ3) is 5.19. The fraction of sp³-hybridized carbons (Fsp3) is 0.857. The molecule has 5 heteroatoms. The second kappa shape index (κ2) is 6.89. The third-order valence-corrected chi connectivity index (χ3v) is 3.79. The summed E-state index contributed by atoms with van der Waals surface area (Å²) in [5, 5.41) is 5.65. The van der Waals surface area contributed by atoms with Gasteiger partial charge < -0.3 is 10.6 Å². The fourth-order valence-corrected chi connectivity index (χ4v) is 2.35. The van der Waals surface area contributed by atoms with E-state index in [4.69, 9.17) is 0 Å². The molecule has 0 unspecified atom stereocenters. The van der Waals surface area contributed by atoms with E-state index >= 15 is 0 Å². The highest BCUT2D eigenvalue weighted by Gasteiger charge is 2.28. The minimum absolute atomic E-state index is 0.00918. The molecule has 19 heavy (non-hydrogen) atoms. The molecule has 0 aliphatic carbocycles. The Labute approximate surface area is 116 Å². The summed E-state index contributed by atoms with van der Waals surface area (Å²) in [6.45, 7) is 7.89. The average molecular weight is 269 g/mol. The molecule has 2 N–H and O–H groups in total. The minimum atomic E-state index is -0.350. The zero-order valence-electron chi connectivity index (χ0n) is 12.6. The molecule has 1 saturated heterocycles. The number of likely N-dealkylation sites (tertiary alicyclic amines) is 1. The van der Waals surface area contributed by atoms with Gasteiger partial charge >= 0.3 is 0 Å². The summed E-state index contributed by atoms with van der Waals surface area (Å²) < 4.78 is 0. The molecule has 1 atom stereocenters. The molecule has 1 rings (SSSR count). The molecule has 2 amide bonds. The molecule has 0 aromatic carbocycles. The summed E-state index contributed by atoms with van der Waals surface area (Å²) in [4.78, 5) is 25.7. The highest BCUT2D eigenvalue weighted by Crippen LogP contribution is 2.15. The number of nitrogens with one attached hydrogen (secondary N) is 2. The summed E-state index contributed by atoms with van der Waals surface area (Å²) in [6.07, 6.45) is 3.43. The zero-order chi connectivity index (χ0) is 14.5. The first kappa shape index (κ1) is 16.0. The van der Waals surface area contributed by atoms with Crippen molar-refractivity contribution in [3.05, 3.63) is 0 Å². The first-order valence-electron chi connectivity index (χ1n) is 7.12. The van der Waals surface area contributed by atoms with Gasteiger partial charge in [-0.25, -0.2) is 0 Å². The van der Waals surface area contributed by atoms with Crippen LogP contribution in [0, 0.1) is 0 Å². The molecule has 1 aliphatic rings.